The maximum absolute atomic E-state index is 9.13. The molecule has 1 aliphatic heterocycles. The van der Waals surface area contributed by atoms with Gasteiger partial charge in [-0.1, -0.05) is 17.7 Å². The number of anilines is 1. The SMILES string of the molecule is N#Cc1nc(N(Cc2cccs2)CC2CCCO2)ccc1Cl. The first-order chi connectivity index (χ1) is 10.8. The fraction of sp³-hybridized carbons (Fsp3) is 0.375. The molecule has 1 aliphatic rings. The van der Waals surface area contributed by atoms with Crippen molar-refractivity contribution in [3.05, 3.63) is 45.2 Å². The minimum atomic E-state index is 0.225. The lowest BCUT2D eigenvalue weighted by Gasteiger charge is -2.26. The zero-order valence-corrected chi connectivity index (χ0v) is 13.6. The third-order valence-corrected chi connectivity index (χ3v) is 4.80. The molecular weight excluding hydrogens is 318 g/mol. The average molecular weight is 334 g/mol. The van der Waals surface area contributed by atoms with Crippen molar-refractivity contribution in [1.82, 2.24) is 4.98 Å². The highest BCUT2D eigenvalue weighted by atomic mass is 35.5. The number of hydrogen-bond donors (Lipinski definition) is 0. The fourth-order valence-corrected chi connectivity index (χ4v) is 3.42. The van der Waals surface area contributed by atoms with Crippen LogP contribution in [-0.2, 0) is 11.3 Å². The second-order valence-corrected chi connectivity index (χ2v) is 6.65. The maximum Gasteiger partial charge on any atom is 0.161 e. The van der Waals surface area contributed by atoms with Gasteiger partial charge in [0.1, 0.15) is 11.9 Å². The summed E-state index contributed by atoms with van der Waals surface area (Å²) in [4.78, 5) is 7.82. The Labute approximate surface area is 138 Å². The predicted octanol–water partition coefficient (Wildman–Crippen LogP) is 3.85. The van der Waals surface area contributed by atoms with Crippen LogP contribution in [0.1, 0.15) is 23.4 Å². The number of ether oxygens (including phenoxy) is 1. The molecule has 0 amide bonds. The molecule has 6 heteroatoms. The van der Waals surface area contributed by atoms with E-state index in [0.717, 1.165) is 38.4 Å². The highest BCUT2D eigenvalue weighted by molar-refractivity contribution is 7.09. The molecule has 0 bridgehead atoms. The topological polar surface area (TPSA) is 49.2 Å². The van der Waals surface area contributed by atoms with Crippen molar-refractivity contribution in [2.75, 3.05) is 18.1 Å². The first kappa shape index (κ1) is 15.3. The van der Waals surface area contributed by atoms with Gasteiger partial charge in [-0.05, 0) is 36.4 Å². The van der Waals surface area contributed by atoms with Crippen LogP contribution in [0, 0.1) is 11.3 Å². The number of aromatic nitrogens is 1. The first-order valence-electron chi connectivity index (χ1n) is 7.22. The van der Waals surface area contributed by atoms with Crippen LogP contribution in [0.25, 0.3) is 0 Å². The Balaban J connectivity index is 1.84. The van der Waals surface area contributed by atoms with Gasteiger partial charge in [0.05, 0.1) is 17.7 Å². The van der Waals surface area contributed by atoms with Crippen LogP contribution in [0.2, 0.25) is 5.02 Å². The number of rotatable bonds is 5. The van der Waals surface area contributed by atoms with Gasteiger partial charge in [-0.2, -0.15) is 5.26 Å². The molecule has 2 aromatic rings. The minimum Gasteiger partial charge on any atom is -0.376 e. The van der Waals surface area contributed by atoms with E-state index in [-0.39, 0.29) is 11.8 Å². The van der Waals surface area contributed by atoms with Gasteiger partial charge in [0, 0.05) is 18.0 Å². The first-order valence-corrected chi connectivity index (χ1v) is 8.47. The summed E-state index contributed by atoms with van der Waals surface area (Å²) in [7, 11) is 0. The summed E-state index contributed by atoms with van der Waals surface area (Å²) >= 11 is 7.70. The summed E-state index contributed by atoms with van der Waals surface area (Å²) in [5, 5.41) is 11.6. The fourth-order valence-electron chi connectivity index (χ4n) is 2.55. The summed E-state index contributed by atoms with van der Waals surface area (Å²) in [5.74, 6) is 0.768. The maximum atomic E-state index is 9.13. The number of pyridine rings is 1. The second-order valence-electron chi connectivity index (χ2n) is 5.21. The molecule has 1 unspecified atom stereocenters. The zero-order chi connectivity index (χ0) is 15.4. The molecule has 0 aromatic carbocycles. The summed E-state index contributed by atoms with van der Waals surface area (Å²) in [5.41, 5.74) is 0.266. The summed E-state index contributed by atoms with van der Waals surface area (Å²) in [6.45, 7) is 2.36. The number of nitriles is 1. The highest BCUT2D eigenvalue weighted by Gasteiger charge is 2.21. The van der Waals surface area contributed by atoms with E-state index >= 15 is 0 Å². The minimum absolute atomic E-state index is 0.225. The third kappa shape index (κ3) is 3.58. The average Bonchev–Trinajstić information content (AvgIpc) is 3.21. The molecule has 4 nitrogen and oxygen atoms in total. The Kier molecular flexibility index (Phi) is 4.94. The lowest BCUT2D eigenvalue weighted by molar-refractivity contribution is 0.115. The van der Waals surface area contributed by atoms with Crippen molar-refractivity contribution < 1.29 is 4.74 Å². The van der Waals surface area contributed by atoms with Crippen LogP contribution >= 0.6 is 22.9 Å². The lowest BCUT2D eigenvalue weighted by atomic mass is 10.2. The molecule has 0 N–H and O–H groups in total. The van der Waals surface area contributed by atoms with Gasteiger partial charge in [-0.25, -0.2) is 4.98 Å². The molecule has 1 atom stereocenters. The lowest BCUT2D eigenvalue weighted by Crippen LogP contribution is -2.32. The molecule has 114 valence electrons. The van der Waals surface area contributed by atoms with Crippen molar-refractivity contribution in [2.24, 2.45) is 0 Å². The van der Waals surface area contributed by atoms with E-state index in [1.807, 2.05) is 18.2 Å². The van der Waals surface area contributed by atoms with E-state index in [4.69, 9.17) is 21.6 Å². The second kappa shape index (κ2) is 7.10. The molecule has 1 fully saturated rings. The molecule has 1 saturated heterocycles. The van der Waals surface area contributed by atoms with Crippen LogP contribution < -0.4 is 4.90 Å². The van der Waals surface area contributed by atoms with Crippen LogP contribution in [0.5, 0.6) is 0 Å². The Bertz CT molecular complexity index is 663. The number of nitrogens with zero attached hydrogens (tertiary/aromatic N) is 3. The Hall–Kier alpha value is -1.61. The van der Waals surface area contributed by atoms with Crippen LogP contribution in [0.3, 0.4) is 0 Å². The zero-order valence-electron chi connectivity index (χ0n) is 12.0. The van der Waals surface area contributed by atoms with E-state index < -0.39 is 0 Å². The number of hydrogen-bond acceptors (Lipinski definition) is 5. The van der Waals surface area contributed by atoms with Gasteiger partial charge in [0.15, 0.2) is 5.69 Å². The molecule has 0 radical (unpaired) electrons. The summed E-state index contributed by atoms with van der Waals surface area (Å²) < 4.78 is 5.75. The van der Waals surface area contributed by atoms with E-state index in [1.54, 1.807) is 17.4 Å². The van der Waals surface area contributed by atoms with E-state index in [2.05, 4.69) is 21.3 Å². The molecule has 0 spiro atoms. The Morgan fingerprint density at radius 3 is 3.05 bits per heavy atom. The van der Waals surface area contributed by atoms with Gasteiger partial charge in [0.25, 0.3) is 0 Å². The smallest absolute Gasteiger partial charge is 0.161 e. The quantitative estimate of drug-likeness (QED) is 0.833. The van der Waals surface area contributed by atoms with Gasteiger partial charge < -0.3 is 9.64 Å². The molecule has 3 heterocycles. The monoisotopic (exact) mass is 333 g/mol. The van der Waals surface area contributed by atoms with Crippen molar-refractivity contribution in [3.63, 3.8) is 0 Å². The molecule has 0 aliphatic carbocycles. The molecular formula is C16H16ClN3OS. The Morgan fingerprint density at radius 2 is 2.36 bits per heavy atom. The Morgan fingerprint density at radius 1 is 1.45 bits per heavy atom. The predicted molar refractivity (Wildman–Crippen MR) is 88.3 cm³/mol. The van der Waals surface area contributed by atoms with Crippen LogP contribution in [-0.4, -0.2) is 24.2 Å². The van der Waals surface area contributed by atoms with Crippen LogP contribution in [0.15, 0.2) is 29.6 Å². The molecule has 0 saturated carbocycles. The number of thiophene rings is 1. The summed E-state index contributed by atoms with van der Waals surface area (Å²) in [6, 6.07) is 9.79. The van der Waals surface area contributed by atoms with Crippen molar-refractivity contribution in [2.45, 2.75) is 25.5 Å². The molecule has 22 heavy (non-hydrogen) atoms. The van der Waals surface area contributed by atoms with Gasteiger partial charge in [-0.15, -0.1) is 11.3 Å². The van der Waals surface area contributed by atoms with Gasteiger partial charge in [-0.3, -0.25) is 0 Å². The van der Waals surface area contributed by atoms with Crippen molar-refractivity contribution in [1.29, 1.82) is 5.26 Å². The summed E-state index contributed by atoms with van der Waals surface area (Å²) in [6.07, 6.45) is 2.40. The van der Waals surface area contributed by atoms with Crippen molar-refractivity contribution >= 4 is 28.8 Å². The van der Waals surface area contributed by atoms with E-state index in [1.165, 1.54) is 4.88 Å². The van der Waals surface area contributed by atoms with E-state index in [9.17, 15) is 0 Å². The van der Waals surface area contributed by atoms with Gasteiger partial charge in [0.2, 0.25) is 0 Å². The standard InChI is InChI=1S/C16H16ClN3OS/c17-14-5-6-16(19-15(14)9-18)20(10-12-3-1-7-21-12)11-13-4-2-8-22-13/h2,4-6,8,12H,1,3,7,10-11H2. The van der Waals surface area contributed by atoms with E-state index in [0.29, 0.717) is 5.02 Å². The molecule has 2 aromatic heterocycles. The normalized spacial score (nSPS) is 17.4. The number of halogens is 1. The third-order valence-electron chi connectivity index (χ3n) is 3.64. The van der Waals surface area contributed by atoms with Crippen molar-refractivity contribution in [3.8, 4) is 6.07 Å². The molecule has 3 rings (SSSR count). The highest BCUT2D eigenvalue weighted by Crippen LogP contribution is 2.24. The van der Waals surface area contributed by atoms with Gasteiger partial charge >= 0.3 is 0 Å². The largest absolute Gasteiger partial charge is 0.376 e. The van der Waals surface area contributed by atoms with Crippen LogP contribution in [0.4, 0.5) is 5.82 Å².